The van der Waals surface area contributed by atoms with Gasteiger partial charge in [-0.25, -0.2) is 4.98 Å². The highest BCUT2D eigenvalue weighted by Gasteiger charge is 2.04. The van der Waals surface area contributed by atoms with Crippen LogP contribution < -0.4 is 9.47 Å². The summed E-state index contributed by atoms with van der Waals surface area (Å²) in [5, 5.41) is 11.2. The highest BCUT2D eigenvalue weighted by molar-refractivity contribution is 5.79. The van der Waals surface area contributed by atoms with Gasteiger partial charge in [-0.1, -0.05) is 5.16 Å². The van der Waals surface area contributed by atoms with Crippen LogP contribution in [0.2, 0.25) is 0 Å². The summed E-state index contributed by atoms with van der Waals surface area (Å²) in [6, 6.07) is 1.66. The first-order chi connectivity index (χ1) is 6.31. The lowest BCUT2D eigenvalue weighted by atomic mass is 10.3. The fraction of sp³-hybridized carbons (Fsp3) is 0.250. The Labute approximate surface area is 75.6 Å². The maximum Gasteiger partial charge on any atom is 0.256 e. The molecule has 0 amide bonds. The highest BCUT2D eigenvalue weighted by Crippen LogP contribution is 2.23. The van der Waals surface area contributed by atoms with Gasteiger partial charge in [-0.3, -0.25) is 0 Å². The molecule has 0 saturated carbocycles. The molecule has 0 aliphatic carbocycles. The molecule has 1 rings (SSSR count). The molecule has 0 spiro atoms. The molecule has 0 saturated heterocycles. The third-order valence-corrected chi connectivity index (χ3v) is 1.46. The summed E-state index contributed by atoms with van der Waals surface area (Å²) in [7, 11) is 3.02. The van der Waals surface area contributed by atoms with Gasteiger partial charge in [0.25, 0.3) is 5.88 Å². The van der Waals surface area contributed by atoms with E-state index in [1.165, 1.54) is 26.6 Å². The molecule has 0 aromatic carbocycles. The van der Waals surface area contributed by atoms with Crippen LogP contribution in [0.3, 0.4) is 0 Å². The number of rotatable bonds is 3. The smallest absolute Gasteiger partial charge is 0.256 e. The third kappa shape index (κ3) is 2.08. The van der Waals surface area contributed by atoms with Crippen molar-refractivity contribution in [2.24, 2.45) is 5.16 Å². The number of nitrogens with zero attached hydrogens (tertiary/aromatic N) is 2. The fourth-order valence-electron chi connectivity index (χ4n) is 0.884. The molecule has 1 N–H and O–H groups in total. The molecular formula is C8H10N2O3. The molecular weight excluding hydrogens is 172 g/mol. The van der Waals surface area contributed by atoms with Gasteiger partial charge >= 0.3 is 0 Å². The highest BCUT2D eigenvalue weighted by atomic mass is 16.5. The lowest BCUT2D eigenvalue weighted by molar-refractivity contribution is 0.321. The van der Waals surface area contributed by atoms with Crippen molar-refractivity contribution in [1.29, 1.82) is 0 Å². The van der Waals surface area contributed by atoms with Crippen LogP contribution in [0.5, 0.6) is 11.6 Å². The molecule has 5 heteroatoms. The zero-order valence-electron chi connectivity index (χ0n) is 7.39. The van der Waals surface area contributed by atoms with Gasteiger partial charge in [-0.15, -0.1) is 0 Å². The molecule has 0 aliphatic heterocycles. The lowest BCUT2D eigenvalue weighted by Crippen LogP contribution is -1.95. The SMILES string of the molecule is COc1cc(/C=N/O)cnc1OC. The lowest BCUT2D eigenvalue weighted by Gasteiger charge is -2.05. The normalized spacial score (nSPS) is 10.3. The van der Waals surface area contributed by atoms with Crippen LogP contribution in [0.4, 0.5) is 0 Å². The van der Waals surface area contributed by atoms with E-state index in [1.54, 1.807) is 6.07 Å². The Bertz CT molecular complexity index is 312. The minimum atomic E-state index is 0.401. The quantitative estimate of drug-likeness (QED) is 0.428. The van der Waals surface area contributed by atoms with Crippen molar-refractivity contribution in [3.8, 4) is 11.6 Å². The molecule has 0 unspecified atom stereocenters. The number of aromatic nitrogens is 1. The number of methoxy groups -OCH3 is 2. The summed E-state index contributed by atoms with van der Waals surface area (Å²) in [6.07, 6.45) is 2.77. The van der Waals surface area contributed by atoms with Crippen LogP contribution in [-0.2, 0) is 0 Å². The molecule has 1 aromatic rings. The molecule has 70 valence electrons. The van der Waals surface area contributed by atoms with Gasteiger partial charge in [0, 0.05) is 11.8 Å². The Hall–Kier alpha value is -1.78. The van der Waals surface area contributed by atoms with Gasteiger partial charge in [0.1, 0.15) is 0 Å². The van der Waals surface area contributed by atoms with Gasteiger partial charge in [0.05, 0.1) is 20.4 Å². The van der Waals surface area contributed by atoms with Crippen LogP contribution >= 0.6 is 0 Å². The van der Waals surface area contributed by atoms with E-state index in [0.717, 1.165) is 0 Å². The summed E-state index contributed by atoms with van der Waals surface area (Å²) in [5.41, 5.74) is 0.639. The fourth-order valence-corrected chi connectivity index (χ4v) is 0.884. The van der Waals surface area contributed by atoms with Crippen molar-refractivity contribution in [3.05, 3.63) is 17.8 Å². The minimum absolute atomic E-state index is 0.401. The van der Waals surface area contributed by atoms with Gasteiger partial charge in [-0.2, -0.15) is 0 Å². The van der Waals surface area contributed by atoms with Crippen LogP contribution in [-0.4, -0.2) is 30.6 Å². The van der Waals surface area contributed by atoms with E-state index in [2.05, 4.69) is 10.1 Å². The summed E-state index contributed by atoms with van der Waals surface area (Å²) < 4.78 is 9.92. The van der Waals surface area contributed by atoms with Crippen molar-refractivity contribution in [2.75, 3.05) is 14.2 Å². The van der Waals surface area contributed by atoms with Gasteiger partial charge in [0.2, 0.25) is 0 Å². The Morgan fingerprint density at radius 1 is 1.46 bits per heavy atom. The van der Waals surface area contributed by atoms with Crippen LogP contribution in [0, 0.1) is 0 Å². The van der Waals surface area contributed by atoms with Crippen molar-refractivity contribution in [3.63, 3.8) is 0 Å². The van der Waals surface area contributed by atoms with E-state index in [9.17, 15) is 0 Å². The Morgan fingerprint density at radius 3 is 2.77 bits per heavy atom. The second-order valence-electron chi connectivity index (χ2n) is 2.22. The standard InChI is InChI=1S/C8H10N2O3/c1-12-7-3-6(5-10-11)4-9-8(7)13-2/h3-5,11H,1-2H3/b10-5+. The number of pyridine rings is 1. The largest absolute Gasteiger partial charge is 0.491 e. The Morgan fingerprint density at radius 2 is 2.23 bits per heavy atom. The first-order valence-corrected chi connectivity index (χ1v) is 3.57. The number of oxime groups is 1. The minimum Gasteiger partial charge on any atom is -0.491 e. The molecule has 0 aliphatic rings. The van der Waals surface area contributed by atoms with E-state index in [1.807, 2.05) is 0 Å². The van der Waals surface area contributed by atoms with E-state index in [4.69, 9.17) is 14.7 Å². The van der Waals surface area contributed by atoms with Gasteiger partial charge < -0.3 is 14.7 Å². The Balaban J connectivity index is 3.05. The average molecular weight is 182 g/mol. The van der Waals surface area contributed by atoms with Crippen molar-refractivity contribution >= 4 is 6.21 Å². The zero-order chi connectivity index (χ0) is 9.68. The summed E-state index contributed by atoms with van der Waals surface area (Å²) in [6.45, 7) is 0. The van der Waals surface area contributed by atoms with Gasteiger partial charge in [-0.05, 0) is 6.07 Å². The number of hydrogen-bond acceptors (Lipinski definition) is 5. The predicted molar refractivity (Wildman–Crippen MR) is 46.7 cm³/mol. The summed E-state index contributed by atoms with van der Waals surface area (Å²) >= 11 is 0. The number of ether oxygens (including phenoxy) is 2. The molecule has 1 aromatic heterocycles. The number of hydrogen-bond donors (Lipinski definition) is 1. The maximum absolute atomic E-state index is 8.28. The van der Waals surface area contributed by atoms with Crippen molar-refractivity contribution in [2.45, 2.75) is 0 Å². The molecule has 1 heterocycles. The van der Waals surface area contributed by atoms with Gasteiger partial charge in [0.15, 0.2) is 5.75 Å². The van der Waals surface area contributed by atoms with Crippen molar-refractivity contribution < 1.29 is 14.7 Å². The second kappa shape index (κ2) is 4.30. The first-order valence-electron chi connectivity index (χ1n) is 3.57. The third-order valence-electron chi connectivity index (χ3n) is 1.46. The molecule has 5 nitrogen and oxygen atoms in total. The molecule has 13 heavy (non-hydrogen) atoms. The monoisotopic (exact) mass is 182 g/mol. The summed E-state index contributed by atoms with van der Waals surface area (Å²) in [4.78, 5) is 3.94. The van der Waals surface area contributed by atoms with E-state index in [0.29, 0.717) is 17.2 Å². The summed E-state index contributed by atoms with van der Waals surface area (Å²) in [5.74, 6) is 0.900. The van der Waals surface area contributed by atoms with E-state index >= 15 is 0 Å². The molecule has 0 atom stereocenters. The van der Waals surface area contributed by atoms with Crippen LogP contribution in [0.25, 0.3) is 0 Å². The van der Waals surface area contributed by atoms with Crippen molar-refractivity contribution in [1.82, 2.24) is 4.98 Å². The molecule has 0 bridgehead atoms. The Kier molecular flexibility index (Phi) is 3.08. The maximum atomic E-state index is 8.28. The van der Waals surface area contributed by atoms with E-state index < -0.39 is 0 Å². The zero-order valence-corrected chi connectivity index (χ0v) is 7.39. The first kappa shape index (κ1) is 9.31. The van der Waals surface area contributed by atoms with Crippen LogP contribution in [0.15, 0.2) is 17.4 Å². The molecule has 0 fully saturated rings. The second-order valence-corrected chi connectivity index (χ2v) is 2.22. The van der Waals surface area contributed by atoms with E-state index in [-0.39, 0.29) is 0 Å². The van der Waals surface area contributed by atoms with Crippen LogP contribution in [0.1, 0.15) is 5.56 Å². The average Bonchev–Trinajstić information content (AvgIpc) is 2.18. The topological polar surface area (TPSA) is 63.9 Å². The predicted octanol–water partition coefficient (Wildman–Crippen LogP) is 0.907. The molecule has 0 radical (unpaired) electrons.